The molecule has 19 heavy (non-hydrogen) atoms. The van der Waals surface area contributed by atoms with Gasteiger partial charge in [-0.1, -0.05) is 6.08 Å². The van der Waals surface area contributed by atoms with E-state index in [-0.39, 0.29) is 5.69 Å². The molecule has 0 saturated heterocycles. The quantitative estimate of drug-likeness (QED) is 0.678. The van der Waals surface area contributed by atoms with E-state index in [2.05, 4.69) is 16.9 Å². The molecule has 2 rings (SSSR count). The van der Waals surface area contributed by atoms with Crippen molar-refractivity contribution in [1.29, 1.82) is 0 Å². The van der Waals surface area contributed by atoms with Crippen LogP contribution in [0.5, 0.6) is 0 Å². The van der Waals surface area contributed by atoms with Gasteiger partial charge in [-0.25, -0.2) is 18.2 Å². The highest BCUT2D eigenvalue weighted by Gasteiger charge is 2.15. The highest BCUT2D eigenvalue weighted by molar-refractivity contribution is 5.55. The summed E-state index contributed by atoms with van der Waals surface area (Å²) in [5.41, 5.74) is 0.544. The molecule has 100 valence electrons. The molecule has 0 saturated carbocycles. The van der Waals surface area contributed by atoms with Gasteiger partial charge < -0.3 is 9.88 Å². The standard InChI is InChI=1S/C13H12F3N3/c1-3-6-19-7-8(2)17-13(19)18-10-5-4-9(14)11(15)12(10)16/h3-5,7H,1,6H2,2H3,(H,17,18). The first-order valence-electron chi connectivity index (χ1n) is 5.58. The maximum absolute atomic E-state index is 13.5. The highest BCUT2D eigenvalue weighted by Crippen LogP contribution is 2.23. The van der Waals surface area contributed by atoms with Crippen molar-refractivity contribution in [1.82, 2.24) is 9.55 Å². The molecule has 1 N–H and O–H groups in total. The van der Waals surface area contributed by atoms with Crippen LogP contribution < -0.4 is 5.32 Å². The van der Waals surface area contributed by atoms with Gasteiger partial charge in [0.2, 0.25) is 5.95 Å². The number of aryl methyl sites for hydroxylation is 1. The van der Waals surface area contributed by atoms with Gasteiger partial charge in [-0.3, -0.25) is 0 Å². The molecule has 0 fully saturated rings. The smallest absolute Gasteiger partial charge is 0.207 e. The van der Waals surface area contributed by atoms with E-state index in [9.17, 15) is 13.2 Å². The zero-order valence-electron chi connectivity index (χ0n) is 10.3. The average Bonchev–Trinajstić information content (AvgIpc) is 2.71. The van der Waals surface area contributed by atoms with Crippen LogP contribution in [0.15, 0.2) is 31.0 Å². The minimum atomic E-state index is -1.51. The average molecular weight is 267 g/mol. The maximum atomic E-state index is 13.5. The molecule has 0 aliphatic heterocycles. The summed E-state index contributed by atoms with van der Waals surface area (Å²) in [5, 5.41) is 2.64. The Kier molecular flexibility index (Phi) is 3.59. The van der Waals surface area contributed by atoms with Gasteiger partial charge in [0.05, 0.1) is 11.4 Å². The molecule has 0 unspecified atom stereocenters. The van der Waals surface area contributed by atoms with E-state index in [1.54, 1.807) is 23.8 Å². The van der Waals surface area contributed by atoms with E-state index in [1.807, 2.05) is 0 Å². The van der Waals surface area contributed by atoms with Crippen molar-refractivity contribution < 1.29 is 13.2 Å². The number of anilines is 2. The van der Waals surface area contributed by atoms with E-state index in [0.29, 0.717) is 18.2 Å². The lowest BCUT2D eigenvalue weighted by Crippen LogP contribution is -2.04. The number of benzene rings is 1. The Bertz CT molecular complexity index is 620. The SMILES string of the molecule is C=CCn1cc(C)nc1Nc1ccc(F)c(F)c1F. The van der Waals surface area contributed by atoms with Gasteiger partial charge in [0, 0.05) is 12.7 Å². The summed E-state index contributed by atoms with van der Waals surface area (Å²) in [6.07, 6.45) is 3.38. The first kappa shape index (κ1) is 13.2. The van der Waals surface area contributed by atoms with Crippen LogP contribution in [0.2, 0.25) is 0 Å². The van der Waals surface area contributed by atoms with Crippen LogP contribution in [0.1, 0.15) is 5.69 Å². The second-order valence-corrected chi connectivity index (χ2v) is 3.99. The Morgan fingerprint density at radius 1 is 1.32 bits per heavy atom. The lowest BCUT2D eigenvalue weighted by atomic mass is 10.3. The third-order valence-electron chi connectivity index (χ3n) is 2.50. The second-order valence-electron chi connectivity index (χ2n) is 3.99. The molecule has 1 aromatic heterocycles. The van der Waals surface area contributed by atoms with Crippen molar-refractivity contribution in [3.05, 3.63) is 54.1 Å². The molecule has 6 heteroatoms. The van der Waals surface area contributed by atoms with Crippen LogP contribution in [-0.2, 0) is 6.54 Å². The van der Waals surface area contributed by atoms with Crippen LogP contribution in [0, 0.1) is 24.4 Å². The van der Waals surface area contributed by atoms with Crippen LogP contribution in [-0.4, -0.2) is 9.55 Å². The summed E-state index contributed by atoms with van der Waals surface area (Å²) in [6.45, 7) is 5.83. The third kappa shape index (κ3) is 2.62. The molecule has 0 amide bonds. The van der Waals surface area contributed by atoms with E-state index < -0.39 is 17.5 Å². The molecule has 0 atom stereocenters. The molecule has 1 heterocycles. The number of hydrogen-bond donors (Lipinski definition) is 1. The summed E-state index contributed by atoms with van der Waals surface area (Å²) >= 11 is 0. The van der Waals surface area contributed by atoms with Crippen molar-refractivity contribution in [2.24, 2.45) is 0 Å². The molecule has 2 aromatic rings. The lowest BCUT2D eigenvalue weighted by molar-refractivity contribution is 0.449. The fourth-order valence-corrected chi connectivity index (χ4v) is 1.67. The van der Waals surface area contributed by atoms with Gasteiger partial charge in [0.1, 0.15) is 0 Å². The number of aromatic nitrogens is 2. The number of imidazole rings is 1. The largest absolute Gasteiger partial charge is 0.323 e. The summed E-state index contributed by atoms with van der Waals surface area (Å²) in [6, 6.07) is 1.98. The van der Waals surface area contributed by atoms with Crippen LogP contribution in [0.25, 0.3) is 0 Å². The summed E-state index contributed by atoms with van der Waals surface area (Å²) < 4.78 is 41.2. The number of rotatable bonds is 4. The second kappa shape index (κ2) is 5.17. The fourth-order valence-electron chi connectivity index (χ4n) is 1.67. The molecule has 1 aromatic carbocycles. The number of halogens is 3. The molecule has 3 nitrogen and oxygen atoms in total. The van der Waals surface area contributed by atoms with E-state index in [0.717, 1.165) is 12.1 Å². The fraction of sp³-hybridized carbons (Fsp3) is 0.154. The van der Waals surface area contributed by atoms with E-state index >= 15 is 0 Å². The highest BCUT2D eigenvalue weighted by atomic mass is 19.2. The molecule has 0 radical (unpaired) electrons. The normalized spacial score (nSPS) is 10.5. The lowest BCUT2D eigenvalue weighted by Gasteiger charge is -2.09. The Morgan fingerprint density at radius 2 is 2.05 bits per heavy atom. The van der Waals surface area contributed by atoms with Gasteiger partial charge in [0.25, 0.3) is 0 Å². The van der Waals surface area contributed by atoms with Gasteiger partial charge >= 0.3 is 0 Å². The number of nitrogens with one attached hydrogen (secondary N) is 1. The molecule has 0 bridgehead atoms. The summed E-state index contributed by atoms with van der Waals surface area (Å²) in [5.74, 6) is -3.68. The monoisotopic (exact) mass is 267 g/mol. The van der Waals surface area contributed by atoms with Gasteiger partial charge in [-0.05, 0) is 19.1 Å². The zero-order valence-corrected chi connectivity index (χ0v) is 10.3. The van der Waals surface area contributed by atoms with Crippen LogP contribution >= 0.6 is 0 Å². The van der Waals surface area contributed by atoms with Crippen LogP contribution in [0.3, 0.4) is 0 Å². The minimum Gasteiger partial charge on any atom is -0.323 e. The van der Waals surface area contributed by atoms with E-state index in [1.165, 1.54) is 0 Å². The Morgan fingerprint density at radius 3 is 2.74 bits per heavy atom. The van der Waals surface area contributed by atoms with Crippen molar-refractivity contribution in [3.63, 3.8) is 0 Å². The number of hydrogen-bond acceptors (Lipinski definition) is 2. The topological polar surface area (TPSA) is 29.9 Å². The first-order chi connectivity index (χ1) is 9.02. The van der Waals surface area contributed by atoms with Crippen molar-refractivity contribution in [3.8, 4) is 0 Å². The van der Waals surface area contributed by atoms with Gasteiger partial charge in [-0.15, -0.1) is 6.58 Å². The third-order valence-corrected chi connectivity index (χ3v) is 2.50. The van der Waals surface area contributed by atoms with E-state index in [4.69, 9.17) is 0 Å². The summed E-state index contributed by atoms with van der Waals surface area (Å²) in [4.78, 5) is 4.14. The van der Waals surface area contributed by atoms with Crippen LogP contribution in [0.4, 0.5) is 24.8 Å². The Labute approximate surface area is 108 Å². The first-order valence-corrected chi connectivity index (χ1v) is 5.58. The zero-order chi connectivity index (χ0) is 14.0. The Hall–Kier alpha value is -2.24. The van der Waals surface area contributed by atoms with Gasteiger partial charge in [0.15, 0.2) is 17.5 Å². The number of allylic oxidation sites excluding steroid dienone is 1. The minimum absolute atomic E-state index is 0.171. The molecule has 0 aliphatic carbocycles. The molecular weight excluding hydrogens is 255 g/mol. The summed E-state index contributed by atoms with van der Waals surface area (Å²) in [7, 11) is 0. The van der Waals surface area contributed by atoms with Crippen molar-refractivity contribution in [2.75, 3.05) is 5.32 Å². The predicted octanol–water partition coefficient (Wildman–Crippen LogP) is 3.54. The van der Waals surface area contributed by atoms with Crippen molar-refractivity contribution in [2.45, 2.75) is 13.5 Å². The molecular formula is C13H12F3N3. The molecule has 0 spiro atoms. The predicted molar refractivity (Wildman–Crippen MR) is 66.8 cm³/mol. The van der Waals surface area contributed by atoms with Crippen molar-refractivity contribution >= 4 is 11.6 Å². The number of nitrogens with zero attached hydrogens (tertiary/aromatic N) is 2. The maximum Gasteiger partial charge on any atom is 0.207 e. The molecule has 0 aliphatic rings. The van der Waals surface area contributed by atoms with Gasteiger partial charge in [-0.2, -0.15) is 0 Å². The Balaban J connectivity index is 2.36.